The third-order valence-electron chi connectivity index (χ3n) is 2.06. The van der Waals surface area contributed by atoms with Crippen LogP contribution in [-0.4, -0.2) is 17.3 Å². The van der Waals surface area contributed by atoms with E-state index in [4.69, 9.17) is 0 Å². The molecule has 0 aromatic heterocycles. The van der Waals surface area contributed by atoms with Crippen LogP contribution in [0.25, 0.3) is 0 Å². The van der Waals surface area contributed by atoms with Gasteiger partial charge in [0.05, 0.1) is 0 Å². The monoisotopic (exact) mass is 231 g/mol. The number of nitrogens with one attached hydrogen (secondary N) is 1. The van der Waals surface area contributed by atoms with Crippen LogP contribution in [0.2, 0.25) is 0 Å². The van der Waals surface area contributed by atoms with Crippen LogP contribution in [0.15, 0.2) is 12.2 Å². The molecule has 0 bridgehead atoms. The van der Waals surface area contributed by atoms with Gasteiger partial charge in [-0.3, -0.25) is 4.79 Å². The summed E-state index contributed by atoms with van der Waals surface area (Å²) in [6.45, 7) is 0. The van der Waals surface area contributed by atoms with Gasteiger partial charge in [0.2, 0.25) is 5.91 Å². The second-order valence-corrected chi connectivity index (χ2v) is 3.69. The van der Waals surface area contributed by atoms with Crippen molar-refractivity contribution in [3.63, 3.8) is 0 Å². The van der Waals surface area contributed by atoms with E-state index in [-0.39, 0.29) is 5.91 Å². The molecule has 0 aromatic rings. The summed E-state index contributed by atoms with van der Waals surface area (Å²) in [5, 5.41) is 3.71. The molecule has 1 fully saturated rings. The average molecular weight is 232 g/mol. The first-order valence-electron chi connectivity index (χ1n) is 4.36. The lowest BCUT2D eigenvalue weighted by molar-refractivity contribution is -0.117. The molecular formula is C9H14BrNO. The van der Waals surface area contributed by atoms with Crippen LogP contribution in [0.5, 0.6) is 0 Å². The van der Waals surface area contributed by atoms with E-state index >= 15 is 0 Å². The van der Waals surface area contributed by atoms with Crippen molar-refractivity contribution >= 4 is 21.8 Å². The Morgan fingerprint density at radius 3 is 2.75 bits per heavy atom. The molecule has 0 saturated heterocycles. The predicted molar refractivity (Wildman–Crippen MR) is 53.3 cm³/mol. The number of halogens is 1. The van der Waals surface area contributed by atoms with Crippen LogP contribution < -0.4 is 5.32 Å². The van der Waals surface area contributed by atoms with Crippen LogP contribution in [-0.2, 0) is 4.79 Å². The topological polar surface area (TPSA) is 29.1 Å². The van der Waals surface area contributed by atoms with Gasteiger partial charge in [-0.2, -0.15) is 0 Å². The highest BCUT2D eigenvalue weighted by Gasteiger charge is 2.15. The standard InChI is InChI=1S/C9H14BrNO/c10-7-3-6-9(12)11-8-4-1-2-5-8/h3,6,8H,1-2,4-5,7H2,(H,11,12)/b6-3+. The Morgan fingerprint density at radius 1 is 1.50 bits per heavy atom. The minimum absolute atomic E-state index is 0.0429. The van der Waals surface area contributed by atoms with Crippen LogP contribution >= 0.6 is 15.9 Å². The van der Waals surface area contributed by atoms with E-state index in [9.17, 15) is 4.79 Å². The first kappa shape index (κ1) is 9.78. The van der Waals surface area contributed by atoms with Crippen molar-refractivity contribution < 1.29 is 4.79 Å². The minimum atomic E-state index is 0.0429. The molecule has 1 amide bonds. The van der Waals surface area contributed by atoms with Crippen LogP contribution in [0.3, 0.4) is 0 Å². The van der Waals surface area contributed by atoms with E-state index in [1.54, 1.807) is 6.08 Å². The van der Waals surface area contributed by atoms with Crippen molar-refractivity contribution in [1.29, 1.82) is 0 Å². The first-order valence-corrected chi connectivity index (χ1v) is 5.48. The van der Waals surface area contributed by atoms with Crippen molar-refractivity contribution in [3.8, 4) is 0 Å². The van der Waals surface area contributed by atoms with Gasteiger partial charge in [0.15, 0.2) is 0 Å². The minimum Gasteiger partial charge on any atom is -0.350 e. The summed E-state index contributed by atoms with van der Waals surface area (Å²) in [7, 11) is 0. The van der Waals surface area contributed by atoms with Crippen LogP contribution in [0.4, 0.5) is 0 Å². The fourth-order valence-electron chi connectivity index (χ4n) is 1.47. The Kier molecular flexibility index (Phi) is 4.36. The molecule has 1 rings (SSSR count). The summed E-state index contributed by atoms with van der Waals surface area (Å²) in [4.78, 5) is 11.1. The van der Waals surface area contributed by atoms with Gasteiger partial charge in [-0.15, -0.1) is 0 Å². The molecule has 1 aliphatic rings. The number of amides is 1. The van der Waals surface area contributed by atoms with E-state index in [1.807, 2.05) is 6.08 Å². The number of alkyl halides is 1. The van der Waals surface area contributed by atoms with Crippen molar-refractivity contribution in [2.45, 2.75) is 31.7 Å². The molecule has 0 atom stereocenters. The van der Waals surface area contributed by atoms with E-state index < -0.39 is 0 Å². The molecule has 2 nitrogen and oxygen atoms in total. The smallest absolute Gasteiger partial charge is 0.243 e. The van der Waals surface area contributed by atoms with Gasteiger partial charge >= 0.3 is 0 Å². The SMILES string of the molecule is O=C(/C=C/CBr)NC1CCCC1. The molecule has 68 valence electrons. The third kappa shape index (κ3) is 3.39. The molecule has 1 N–H and O–H groups in total. The summed E-state index contributed by atoms with van der Waals surface area (Å²) in [5.74, 6) is 0.0429. The Bertz CT molecular complexity index is 173. The van der Waals surface area contributed by atoms with Gasteiger partial charge in [0.25, 0.3) is 0 Å². The second kappa shape index (κ2) is 5.36. The maximum atomic E-state index is 11.1. The maximum Gasteiger partial charge on any atom is 0.243 e. The molecule has 0 spiro atoms. The fourth-order valence-corrected chi connectivity index (χ4v) is 1.66. The number of carbonyl (C=O) groups is 1. The van der Waals surface area contributed by atoms with Gasteiger partial charge in [-0.05, 0) is 18.9 Å². The highest BCUT2D eigenvalue weighted by atomic mass is 79.9. The summed E-state index contributed by atoms with van der Waals surface area (Å²) >= 11 is 3.22. The molecule has 0 unspecified atom stereocenters. The van der Waals surface area contributed by atoms with Crippen LogP contribution in [0, 0.1) is 0 Å². The third-order valence-corrected chi connectivity index (χ3v) is 2.43. The van der Waals surface area contributed by atoms with Crippen LogP contribution in [0.1, 0.15) is 25.7 Å². The predicted octanol–water partition coefficient (Wildman–Crippen LogP) is 2.00. The number of carbonyl (C=O) groups excluding carboxylic acids is 1. The lowest BCUT2D eigenvalue weighted by Crippen LogP contribution is -2.31. The van der Waals surface area contributed by atoms with Gasteiger partial charge < -0.3 is 5.32 Å². The molecule has 0 aliphatic heterocycles. The van der Waals surface area contributed by atoms with E-state index in [2.05, 4.69) is 21.2 Å². The Hall–Kier alpha value is -0.310. The average Bonchev–Trinajstić information content (AvgIpc) is 2.53. The Balaban J connectivity index is 2.20. The molecule has 12 heavy (non-hydrogen) atoms. The molecular weight excluding hydrogens is 218 g/mol. The number of rotatable bonds is 3. The van der Waals surface area contributed by atoms with Gasteiger partial charge in [0, 0.05) is 11.4 Å². The molecule has 0 heterocycles. The molecule has 3 heteroatoms. The number of hydrogen-bond acceptors (Lipinski definition) is 1. The van der Waals surface area contributed by atoms with E-state index in [0.717, 1.165) is 18.2 Å². The molecule has 1 saturated carbocycles. The maximum absolute atomic E-state index is 11.1. The highest BCUT2D eigenvalue weighted by molar-refractivity contribution is 9.09. The van der Waals surface area contributed by atoms with Crippen molar-refractivity contribution in [1.82, 2.24) is 5.32 Å². The number of allylic oxidation sites excluding steroid dienone is 1. The Morgan fingerprint density at radius 2 is 2.17 bits per heavy atom. The van der Waals surface area contributed by atoms with E-state index in [0.29, 0.717) is 6.04 Å². The zero-order valence-corrected chi connectivity index (χ0v) is 8.64. The zero-order valence-electron chi connectivity index (χ0n) is 7.05. The summed E-state index contributed by atoms with van der Waals surface area (Å²) in [6.07, 6.45) is 8.21. The van der Waals surface area contributed by atoms with Gasteiger partial charge in [-0.25, -0.2) is 0 Å². The zero-order chi connectivity index (χ0) is 8.81. The van der Waals surface area contributed by atoms with Crippen molar-refractivity contribution in [2.75, 3.05) is 5.33 Å². The molecule has 0 aromatic carbocycles. The highest BCUT2D eigenvalue weighted by Crippen LogP contribution is 2.17. The summed E-state index contributed by atoms with van der Waals surface area (Å²) < 4.78 is 0. The van der Waals surface area contributed by atoms with E-state index in [1.165, 1.54) is 12.8 Å². The summed E-state index contributed by atoms with van der Waals surface area (Å²) in [6, 6.07) is 0.428. The lowest BCUT2D eigenvalue weighted by atomic mass is 10.2. The first-order chi connectivity index (χ1) is 5.83. The number of hydrogen-bond donors (Lipinski definition) is 1. The Labute approximate surface area is 81.5 Å². The van der Waals surface area contributed by atoms with Gasteiger partial charge in [0.1, 0.15) is 0 Å². The second-order valence-electron chi connectivity index (χ2n) is 3.05. The normalized spacial score (nSPS) is 18.8. The summed E-state index contributed by atoms with van der Waals surface area (Å²) in [5.41, 5.74) is 0. The largest absolute Gasteiger partial charge is 0.350 e. The van der Waals surface area contributed by atoms with Gasteiger partial charge in [-0.1, -0.05) is 34.8 Å². The van der Waals surface area contributed by atoms with Crippen molar-refractivity contribution in [2.24, 2.45) is 0 Å². The molecule has 0 radical (unpaired) electrons. The molecule has 1 aliphatic carbocycles. The quantitative estimate of drug-likeness (QED) is 0.585. The van der Waals surface area contributed by atoms with Crippen molar-refractivity contribution in [3.05, 3.63) is 12.2 Å². The lowest BCUT2D eigenvalue weighted by Gasteiger charge is -2.08. The fraction of sp³-hybridized carbons (Fsp3) is 0.667.